The lowest BCUT2D eigenvalue weighted by molar-refractivity contribution is 0.0980. The minimum absolute atomic E-state index is 0.0195. The Balaban J connectivity index is 1.91. The Morgan fingerprint density at radius 1 is 0.966 bits per heavy atom. The average molecular weight is 388 g/mol. The fourth-order valence-corrected chi connectivity index (χ4v) is 3.46. The van der Waals surface area contributed by atoms with Gasteiger partial charge in [-0.3, -0.25) is 9.59 Å². The maximum atomic E-state index is 13.3. The van der Waals surface area contributed by atoms with Crippen molar-refractivity contribution >= 4 is 28.6 Å². The molecule has 4 N–H and O–H groups in total. The smallest absolute Gasteiger partial charge is 0.196 e. The van der Waals surface area contributed by atoms with E-state index >= 15 is 0 Å². The molecule has 6 heteroatoms. The molecule has 146 valence electrons. The van der Waals surface area contributed by atoms with E-state index in [4.69, 9.17) is 15.6 Å². The second kappa shape index (κ2) is 7.41. The maximum Gasteiger partial charge on any atom is 0.196 e. The molecule has 3 aromatic carbocycles. The molecule has 4 rings (SSSR count). The van der Waals surface area contributed by atoms with E-state index in [-0.39, 0.29) is 47.3 Å². The van der Waals surface area contributed by atoms with Crippen molar-refractivity contribution in [2.24, 2.45) is 0 Å². The maximum absolute atomic E-state index is 13.3. The first-order valence-electron chi connectivity index (χ1n) is 9.23. The largest absolute Gasteiger partial charge is 0.489 e. The highest BCUT2D eigenvalue weighted by molar-refractivity contribution is 6.32. The molecule has 0 saturated carbocycles. The molecule has 0 saturated heterocycles. The van der Waals surface area contributed by atoms with Gasteiger partial charge in [0.2, 0.25) is 0 Å². The van der Waals surface area contributed by atoms with Crippen LogP contribution in [-0.4, -0.2) is 29.9 Å². The Labute approximate surface area is 167 Å². The van der Waals surface area contributed by atoms with E-state index in [1.165, 1.54) is 0 Å². The van der Waals surface area contributed by atoms with Crippen LogP contribution in [0.4, 0.5) is 17.1 Å². The molecule has 0 aliphatic heterocycles. The third-order valence-electron chi connectivity index (χ3n) is 4.88. The minimum Gasteiger partial charge on any atom is -0.489 e. The molecular weight excluding hydrogens is 368 g/mol. The van der Waals surface area contributed by atoms with Crippen LogP contribution < -0.4 is 15.8 Å². The van der Waals surface area contributed by atoms with E-state index in [0.717, 1.165) is 11.3 Å². The Bertz CT molecular complexity index is 1120. The van der Waals surface area contributed by atoms with Gasteiger partial charge >= 0.3 is 0 Å². The number of hydrogen-bond donors (Lipinski definition) is 3. The van der Waals surface area contributed by atoms with Crippen molar-refractivity contribution in [1.82, 2.24) is 0 Å². The molecule has 0 aromatic heterocycles. The van der Waals surface area contributed by atoms with Gasteiger partial charge in [0.25, 0.3) is 0 Å². The number of ketones is 2. The number of carbonyl (C=O) groups is 2. The zero-order chi connectivity index (χ0) is 20.5. The first-order chi connectivity index (χ1) is 14.0. The molecule has 29 heavy (non-hydrogen) atoms. The van der Waals surface area contributed by atoms with E-state index in [2.05, 4.69) is 5.32 Å². The summed E-state index contributed by atoms with van der Waals surface area (Å²) in [5.74, 6) is -0.354. The van der Waals surface area contributed by atoms with Gasteiger partial charge in [0.1, 0.15) is 12.4 Å². The van der Waals surface area contributed by atoms with Crippen LogP contribution in [0.5, 0.6) is 5.75 Å². The van der Waals surface area contributed by atoms with Crippen LogP contribution in [0.1, 0.15) is 37.4 Å². The second-order valence-electron chi connectivity index (χ2n) is 6.85. The molecule has 6 nitrogen and oxygen atoms in total. The summed E-state index contributed by atoms with van der Waals surface area (Å²) in [6, 6.07) is 15.9. The Hall–Kier alpha value is -3.64. The third-order valence-corrected chi connectivity index (χ3v) is 4.88. The summed E-state index contributed by atoms with van der Waals surface area (Å²) in [5, 5.41) is 12.3. The molecule has 1 aliphatic carbocycles. The van der Waals surface area contributed by atoms with Crippen molar-refractivity contribution in [3.63, 3.8) is 0 Å². The number of anilines is 3. The SMILES string of the molecule is Cc1ccc(Nc2cc(OCCO)c(N)c3c2C(=O)c2ccccc2C3=O)cc1. The number of nitrogen functional groups attached to an aromatic ring is 1. The first kappa shape index (κ1) is 18.7. The topological polar surface area (TPSA) is 102 Å². The van der Waals surface area contributed by atoms with Crippen LogP contribution >= 0.6 is 0 Å². The third kappa shape index (κ3) is 3.23. The predicted molar refractivity (Wildman–Crippen MR) is 111 cm³/mol. The number of nitrogens with two attached hydrogens (primary N) is 1. The van der Waals surface area contributed by atoms with Crippen LogP contribution in [0.15, 0.2) is 54.6 Å². The Kier molecular flexibility index (Phi) is 4.78. The highest BCUT2D eigenvalue weighted by atomic mass is 16.5. The standard InChI is InChI=1S/C23H20N2O4/c1-13-6-8-14(9-7-13)25-17-12-18(29-11-10-26)21(24)20-19(17)22(27)15-4-2-3-5-16(15)23(20)28/h2-9,12,25-26H,10-11,24H2,1H3. The van der Waals surface area contributed by atoms with Gasteiger partial charge in [0.15, 0.2) is 11.6 Å². The van der Waals surface area contributed by atoms with Gasteiger partial charge in [0, 0.05) is 22.9 Å². The van der Waals surface area contributed by atoms with Gasteiger partial charge < -0.3 is 20.9 Å². The van der Waals surface area contributed by atoms with Crippen LogP contribution in [0.25, 0.3) is 0 Å². The average Bonchev–Trinajstić information content (AvgIpc) is 2.73. The van der Waals surface area contributed by atoms with Crippen LogP contribution in [0.3, 0.4) is 0 Å². The summed E-state index contributed by atoms with van der Waals surface area (Å²) in [6.45, 7) is 1.80. The fourth-order valence-electron chi connectivity index (χ4n) is 3.46. The number of aliphatic hydroxyl groups excluding tert-OH is 1. The summed E-state index contributed by atoms with van der Waals surface area (Å²) in [4.78, 5) is 26.5. The van der Waals surface area contributed by atoms with Gasteiger partial charge in [-0.25, -0.2) is 0 Å². The van der Waals surface area contributed by atoms with E-state index in [0.29, 0.717) is 16.8 Å². The van der Waals surface area contributed by atoms with E-state index in [1.54, 1.807) is 30.3 Å². The molecule has 0 amide bonds. The van der Waals surface area contributed by atoms with Gasteiger partial charge in [-0.1, -0.05) is 42.0 Å². The summed E-state index contributed by atoms with van der Waals surface area (Å²) in [6.07, 6.45) is 0. The molecular formula is C23H20N2O4. The molecule has 0 radical (unpaired) electrons. The van der Waals surface area contributed by atoms with E-state index in [9.17, 15) is 9.59 Å². The minimum atomic E-state index is -0.325. The predicted octanol–water partition coefficient (Wildman–Crippen LogP) is 3.47. The highest BCUT2D eigenvalue weighted by Crippen LogP contribution is 2.41. The van der Waals surface area contributed by atoms with Crippen molar-refractivity contribution in [1.29, 1.82) is 0 Å². The number of rotatable bonds is 5. The van der Waals surface area contributed by atoms with Crippen LogP contribution in [-0.2, 0) is 0 Å². The zero-order valence-corrected chi connectivity index (χ0v) is 15.9. The number of ether oxygens (including phenoxy) is 1. The van der Waals surface area contributed by atoms with Crippen molar-refractivity contribution in [2.75, 3.05) is 24.3 Å². The zero-order valence-electron chi connectivity index (χ0n) is 15.9. The van der Waals surface area contributed by atoms with Crippen molar-refractivity contribution < 1.29 is 19.4 Å². The Morgan fingerprint density at radius 2 is 1.59 bits per heavy atom. The monoisotopic (exact) mass is 388 g/mol. The number of nitrogens with one attached hydrogen (secondary N) is 1. The Morgan fingerprint density at radius 3 is 2.21 bits per heavy atom. The summed E-state index contributed by atoms with van der Waals surface area (Å²) in [7, 11) is 0. The molecule has 0 atom stereocenters. The summed E-state index contributed by atoms with van der Waals surface area (Å²) < 4.78 is 5.54. The quantitative estimate of drug-likeness (QED) is 0.453. The molecule has 1 aliphatic rings. The van der Waals surface area contributed by atoms with Crippen LogP contribution in [0.2, 0.25) is 0 Å². The summed E-state index contributed by atoms with van der Waals surface area (Å²) >= 11 is 0. The van der Waals surface area contributed by atoms with Crippen LogP contribution in [0, 0.1) is 6.92 Å². The summed E-state index contributed by atoms with van der Waals surface area (Å²) in [5.41, 5.74) is 9.62. The van der Waals surface area contributed by atoms with Crippen molar-refractivity contribution in [3.05, 3.63) is 82.4 Å². The highest BCUT2D eigenvalue weighted by Gasteiger charge is 2.35. The number of benzene rings is 3. The first-order valence-corrected chi connectivity index (χ1v) is 9.23. The van der Waals surface area contributed by atoms with Gasteiger partial charge in [-0.2, -0.15) is 0 Å². The lowest BCUT2D eigenvalue weighted by atomic mass is 9.82. The number of fused-ring (bicyclic) bond motifs is 2. The van der Waals surface area contributed by atoms with E-state index < -0.39 is 0 Å². The number of carbonyl (C=O) groups excluding carboxylic acids is 2. The van der Waals surface area contributed by atoms with Gasteiger partial charge in [-0.05, 0) is 19.1 Å². The number of aryl methyl sites for hydroxylation is 1. The number of aliphatic hydroxyl groups is 1. The fraction of sp³-hybridized carbons (Fsp3) is 0.130. The van der Waals surface area contributed by atoms with Gasteiger partial charge in [0.05, 0.1) is 29.1 Å². The molecule has 0 bridgehead atoms. The molecule has 0 fully saturated rings. The second-order valence-corrected chi connectivity index (χ2v) is 6.85. The lowest BCUT2D eigenvalue weighted by Crippen LogP contribution is -2.24. The van der Waals surface area contributed by atoms with Crippen molar-refractivity contribution in [2.45, 2.75) is 6.92 Å². The van der Waals surface area contributed by atoms with E-state index in [1.807, 2.05) is 31.2 Å². The normalized spacial score (nSPS) is 12.3. The number of hydrogen-bond acceptors (Lipinski definition) is 6. The molecule has 0 heterocycles. The molecule has 3 aromatic rings. The van der Waals surface area contributed by atoms with Crippen molar-refractivity contribution in [3.8, 4) is 5.75 Å². The van der Waals surface area contributed by atoms with Gasteiger partial charge in [-0.15, -0.1) is 0 Å². The molecule has 0 unspecified atom stereocenters. The molecule has 0 spiro atoms. The lowest BCUT2D eigenvalue weighted by Gasteiger charge is -2.24.